The van der Waals surface area contributed by atoms with Gasteiger partial charge >= 0.3 is 0 Å². The Morgan fingerprint density at radius 2 is 2.00 bits per heavy atom. The van der Waals surface area contributed by atoms with Crippen LogP contribution in [0.25, 0.3) is 0 Å². The second kappa shape index (κ2) is 4.80. The van der Waals surface area contributed by atoms with Crippen molar-refractivity contribution in [3.8, 4) is 0 Å². The molecule has 1 aromatic carbocycles. The first kappa shape index (κ1) is 12.0. The van der Waals surface area contributed by atoms with Crippen LogP contribution in [-0.4, -0.2) is 21.9 Å². The monoisotopic (exact) mass is 245 g/mol. The first-order valence-corrected chi connectivity index (χ1v) is 5.27. The van der Waals surface area contributed by atoms with Gasteiger partial charge in [-0.25, -0.2) is 0 Å². The van der Waals surface area contributed by atoms with Crippen molar-refractivity contribution >= 4 is 5.91 Å². The smallest absolute Gasteiger partial charge is 0.285 e. The lowest BCUT2D eigenvalue weighted by atomic mass is 10.1. The van der Waals surface area contributed by atoms with Crippen molar-refractivity contribution < 1.29 is 9.72 Å². The first-order chi connectivity index (χ1) is 8.59. The van der Waals surface area contributed by atoms with E-state index in [9.17, 15) is 14.9 Å². The predicted octanol–water partition coefficient (Wildman–Crippen LogP) is 1.10. The van der Waals surface area contributed by atoms with Gasteiger partial charge in [0.2, 0.25) is 0 Å². The number of nitrogens with two attached hydrogens (primary N) is 1. The van der Waals surface area contributed by atoms with Gasteiger partial charge in [-0.15, -0.1) is 0 Å². The van der Waals surface area contributed by atoms with E-state index in [1.165, 1.54) is 12.2 Å². The van der Waals surface area contributed by atoms with Crippen LogP contribution < -0.4 is 5.73 Å². The third kappa shape index (κ3) is 2.28. The Morgan fingerprint density at radius 3 is 2.61 bits per heavy atom. The molecule has 0 aliphatic carbocycles. The van der Waals surface area contributed by atoms with E-state index in [1.54, 1.807) is 30.3 Å². The van der Waals surface area contributed by atoms with Crippen LogP contribution in [0.3, 0.4) is 0 Å². The number of rotatable bonds is 2. The average molecular weight is 245 g/mol. The Morgan fingerprint density at radius 1 is 1.33 bits per heavy atom. The quantitative estimate of drug-likeness (QED) is 0.624. The van der Waals surface area contributed by atoms with Crippen LogP contribution in [-0.2, 0) is 0 Å². The molecule has 0 bridgehead atoms. The van der Waals surface area contributed by atoms with E-state index in [0.29, 0.717) is 5.56 Å². The highest BCUT2D eigenvalue weighted by molar-refractivity contribution is 5.95. The molecule has 92 valence electrons. The summed E-state index contributed by atoms with van der Waals surface area (Å²) in [6, 6.07) is 8.48. The van der Waals surface area contributed by atoms with Crippen LogP contribution in [0.1, 0.15) is 10.4 Å². The van der Waals surface area contributed by atoms with Gasteiger partial charge in [-0.2, -0.15) is 0 Å². The Balaban J connectivity index is 2.30. The third-order valence-electron chi connectivity index (χ3n) is 2.52. The second-order valence-corrected chi connectivity index (χ2v) is 3.74. The normalized spacial score (nSPS) is 18.4. The topological polar surface area (TPSA) is 89.5 Å². The summed E-state index contributed by atoms with van der Waals surface area (Å²) in [5, 5.41) is 10.7. The highest BCUT2D eigenvalue weighted by Crippen LogP contribution is 2.15. The fraction of sp³-hybridized carbons (Fsp3) is 0.0833. The molecular formula is C12H11N3O3. The molecule has 0 spiro atoms. The van der Waals surface area contributed by atoms with E-state index in [4.69, 9.17) is 5.73 Å². The van der Waals surface area contributed by atoms with Crippen molar-refractivity contribution in [2.24, 2.45) is 5.73 Å². The Kier molecular flexibility index (Phi) is 3.20. The van der Waals surface area contributed by atoms with Gasteiger partial charge in [0, 0.05) is 11.6 Å². The highest BCUT2D eigenvalue weighted by atomic mass is 16.6. The van der Waals surface area contributed by atoms with E-state index in [0.717, 1.165) is 11.1 Å². The largest absolute Gasteiger partial charge is 0.308 e. The molecule has 18 heavy (non-hydrogen) atoms. The van der Waals surface area contributed by atoms with E-state index < -0.39 is 11.1 Å². The van der Waals surface area contributed by atoms with E-state index in [2.05, 4.69) is 0 Å². The molecule has 0 saturated heterocycles. The Labute approximate surface area is 103 Å². The molecule has 0 radical (unpaired) electrons. The van der Waals surface area contributed by atoms with Crippen molar-refractivity contribution in [3.63, 3.8) is 0 Å². The van der Waals surface area contributed by atoms with E-state index >= 15 is 0 Å². The molecule has 1 aliphatic heterocycles. The van der Waals surface area contributed by atoms with Crippen molar-refractivity contribution in [3.05, 3.63) is 70.1 Å². The molecule has 6 heteroatoms. The summed E-state index contributed by atoms with van der Waals surface area (Å²) in [5.41, 5.74) is 6.00. The van der Waals surface area contributed by atoms with Crippen LogP contribution in [0.2, 0.25) is 0 Å². The molecule has 1 unspecified atom stereocenters. The van der Waals surface area contributed by atoms with E-state index in [-0.39, 0.29) is 11.6 Å². The van der Waals surface area contributed by atoms with Crippen LogP contribution in [0.5, 0.6) is 0 Å². The Hall–Kier alpha value is -2.47. The van der Waals surface area contributed by atoms with Gasteiger partial charge in [-0.1, -0.05) is 18.2 Å². The minimum absolute atomic E-state index is 0.166. The summed E-state index contributed by atoms with van der Waals surface area (Å²) < 4.78 is 0. The number of hydrogen-bond donors (Lipinski definition) is 1. The molecule has 1 amide bonds. The molecule has 6 nitrogen and oxygen atoms in total. The summed E-state index contributed by atoms with van der Waals surface area (Å²) in [6.07, 6.45) is 3.17. The maximum Gasteiger partial charge on any atom is 0.285 e. The van der Waals surface area contributed by atoms with E-state index in [1.807, 2.05) is 0 Å². The number of amides is 1. The lowest BCUT2D eigenvalue weighted by Gasteiger charge is -2.24. The van der Waals surface area contributed by atoms with Gasteiger partial charge in [0.1, 0.15) is 6.17 Å². The lowest BCUT2D eigenvalue weighted by Crippen LogP contribution is -2.43. The average Bonchev–Trinajstić information content (AvgIpc) is 2.39. The van der Waals surface area contributed by atoms with Crippen LogP contribution >= 0.6 is 0 Å². The van der Waals surface area contributed by atoms with Crippen LogP contribution in [0, 0.1) is 10.1 Å². The number of hydrogen-bond acceptors (Lipinski definition) is 4. The van der Waals surface area contributed by atoms with Gasteiger partial charge in [0.05, 0.1) is 11.1 Å². The van der Waals surface area contributed by atoms with Crippen molar-refractivity contribution in [2.75, 3.05) is 0 Å². The van der Waals surface area contributed by atoms with Gasteiger partial charge < -0.3 is 5.73 Å². The molecule has 2 rings (SSSR count). The lowest BCUT2D eigenvalue weighted by molar-refractivity contribution is -0.420. The van der Waals surface area contributed by atoms with Crippen molar-refractivity contribution in [2.45, 2.75) is 6.17 Å². The summed E-state index contributed by atoms with van der Waals surface area (Å²) in [7, 11) is 0. The summed E-state index contributed by atoms with van der Waals surface area (Å²) in [4.78, 5) is 23.4. The fourth-order valence-corrected chi connectivity index (χ4v) is 1.59. The number of nitro groups is 1. The standard InChI is InChI=1S/C12H11N3O3/c13-11-7-6-10(15(17)18)8-14(11)12(16)9-4-2-1-3-5-9/h1-8,11H,13H2. The number of carbonyl (C=O) groups is 1. The number of nitrogens with zero attached hydrogens (tertiary/aromatic N) is 2. The zero-order chi connectivity index (χ0) is 13.1. The maximum absolute atomic E-state index is 12.1. The molecule has 1 aromatic rings. The predicted molar refractivity (Wildman–Crippen MR) is 64.8 cm³/mol. The number of carbonyl (C=O) groups excluding carboxylic acids is 1. The van der Waals surface area contributed by atoms with Gasteiger partial charge in [-0.3, -0.25) is 19.8 Å². The molecule has 0 saturated carbocycles. The molecule has 1 atom stereocenters. The molecule has 1 heterocycles. The molecule has 2 N–H and O–H groups in total. The van der Waals surface area contributed by atoms with Crippen LogP contribution in [0.15, 0.2) is 54.4 Å². The minimum atomic E-state index is -0.693. The molecular weight excluding hydrogens is 234 g/mol. The highest BCUT2D eigenvalue weighted by Gasteiger charge is 2.25. The first-order valence-electron chi connectivity index (χ1n) is 5.27. The summed E-state index contributed by atoms with van der Waals surface area (Å²) >= 11 is 0. The van der Waals surface area contributed by atoms with Crippen molar-refractivity contribution in [1.29, 1.82) is 0 Å². The SMILES string of the molecule is NC1C=CC([N+](=O)[O-])=CN1C(=O)c1ccccc1. The molecule has 1 aliphatic rings. The zero-order valence-electron chi connectivity index (χ0n) is 9.39. The van der Waals surface area contributed by atoms with Crippen molar-refractivity contribution in [1.82, 2.24) is 4.90 Å². The van der Waals surface area contributed by atoms with Crippen LogP contribution in [0.4, 0.5) is 0 Å². The Bertz CT molecular complexity index is 537. The summed E-state index contributed by atoms with van der Waals surface area (Å²) in [5.74, 6) is -0.369. The molecule has 0 fully saturated rings. The fourth-order valence-electron chi connectivity index (χ4n) is 1.59. The van der Waals surface area contributed by atoms with Gasteiger partial charge in [-0.05, 0) is 18.2 Å². The van der Waals surface area contributed by atoms with Gasteiger partial charge in [0.15, 0.2) is 0 Å². The maximum atomic E-state index is 12.1. The number of benzene rings is 1. The summed E-state index contributed by atoms with van der Waals surface area (Å²) in [6.45, 7) is 0. The zero-order valence-corrected chi connectivity index (χ0v) is 9.39. The second-order valence-electron chi connectivity index (χ2n) is 3.74. The van der Waals surface area contributed by atoms with Gasteiger partial charge in [0.25, 0.3) is 11.6 Å². The minimum Gasteiger partial charge on any atom is -0.308 e. The third-order valence-corrected chi connectivity index (χ3v) is 2.52. The molecule has 0 aromatic heterocycles. The number of allylic oxidation sites excluding steroid dienone is 1.